The van der Waals surface area contributed by atoms with Gasteiger partial charge in [-0.05, 0) is 53.9 Å². The van der Waals surface area contributed by atoms with E-state index in [2.05, 4.69) is 0 Å². The van der Waals surface area contributed by atoms with Gasteiger partial charge in [0.15, 0.2) is 0 Å². The molecule has 21 heavy (non-hydrogen) atoms. The van der Waals surface area contributed by atoms with E-state index in [1.807, 2.05) is 0 Å². The van der Waals surface area contributed by atoms with Gasteiger partial charge in [0, 0.05) is 6.42 Å². The van der Waals surface area contributed by atoms with E-state index in [-0.39, 0.29) is 18.3 Å². The molecule has 0 spiro atoms. The van der Waals surface area contributed by atoms with Crippen LogP contribution in [0.25, 0.3) is 0 Å². The monoisotopic (exact) mass is 302 g/mol. The first-order valence-electron chi connectivity index (χ1n) is 7.42. The summed E-state index contributed by atoms with van der Waals surface area (Å²) in [4.78, 5) is 23.1. The fourth-order valence-electron chi connectivity index (χ4n) is 2.08. The lowest BCUT2D eigenvalue weighted by Crippen LogP contribution is -2.34. The summed E-state index contributed by atoms with van der Waals surface area (Å²) in [5, 5.41) is 0. The lowest BCUT2D eigenvalue weighted by Gasteiger charge is -2.29. The molecule has 0 aromatic rings. The molecule has 0 aromatic heterocycles. The normalized spacial score (nSPS) is 22.6. The molecule has 0 radical (unpaired) electrons. The first-order valence-corrected chi connectivity index (χ1v) is 7.42. The van der Waals surface area contributed by atoms with Crippen LogP contribution in [0.5, 0.6) is 0 Å². The van der Waals surface area contributed by atoms with E-state index in [4.69, 9.17) is 18.9 Å². The second-order valence-electron chi connectivity index (χ2n) is 6.53. The van der Waals surface area contributed by atoms with E-state index in [1.165, 1.54) is 0 Å². The molecule has 122 valence electrons. The first kappa shape index (κ1) is 17.6. The Morgan fingerprint density at radius 3 is 2.00 bits per heavy atom. The van der Waals surface area contributed by atoms with Crippen LogP contribution in [-0.4, -0.2) is 36.2 Å². The molecule has 0 heterocycles. The summed E-state index contributed by atoms with van der Waals surface area (Å²) in [6, 6.07) is 0. The third-order valence-corrected chi connectivity index (χ3v) is 2.83. The van der Waals surface area contributed by atoms with Crippen molar-refractivity contribution in [3.05, 3.63) is 0 Å². The van der Waals surface area contributed by atoms with Crippen molar-refractivity contribution in [3.8, 4) is 0 Å². The predicted molar refractivity (Wildman–Crippen MR) is 76.1 cm³/mol. The van der Waals surface area contributed by atoms with E-state index in [0.717, 1.165) is 19.3 Å². The van der Waals surface area contributed by atoms with Crippen molar-refractivity contribution in [2.75, 3.05) is 0 Å². The van der Waals surface area contributed by atoms with Crippen molar-refractivity contribution < 1.29 is 28.5 Å². The van der Waals surface area contributed by atoms with Crippen LogP contribution >= 0.6 is 0 Å². The van der Waals surface area contributed by atoms with Gasteiger partial charge in [-0.2, -0.15) is 0 Å². The highest BCUT2D eigenvalue weighted by atomic mass is 16.7. The highest BCUT2D eigenvalue weighted by molar-refractivity contribution is 5.61. The summed E-state index contributed by atoms with van der Waals surface area (Å²) in [5.74, 6) is 0. The fraction of sp³-hybridized carbons (Fsp3) is 0.867. The lowest BCUT2D eigenvalue weighted by atomic mass is 9.95. The Morgan fingerprint density at radius 2 is 1.52 bits per heavy atom. The molecule has 6 nitrogen and oxygen atoms in total. The van der Waals surface area contributed by atoms with Crippen LogP contribution in [0.2, 0.25) is 0 Å². The molecule has 1 rings (SSSR count). The predicted octanol–water partition coefficient (Wildman–Crippen LogP) is 3.81. The second-order valence-corrected chi connectivity index (χ2v) is 6.53. The van der Waals surface area contributed by atoms with Crippen molar-refractivity contribution >= 4 is 12.3 Å². The average Bonchev–Trinajstić information content (AvgIpc) is 2.24. The molecule has 1 aliphatic carbocycles. The van der Waals surface area contributed by atoms with Gasteiger partial charge in [0.1, 0.15) is 17.8 Å². The summed E-state index contributed by atoms with van der Waals surface area (Å²) >= 11 is 0. The molecule has 0 saturated heterocycles. The summed E-state index contributed by atoms with van der Waals surface area (Å²) in [6.45, 7) is 8.86. The molecular formula is C15H26O6. The Hall–Kier alpha value is -1.46. The summed E-state index contributed by atoms with van der Waals surface area (Å²) in [6.07, 6.45) is 0.669. The highest BCUT2D eigenvalue weighted by Gasteiger charge is 2.29. The maximum atomic E-state index is 11.6. The standard InChI is InChI=1S/C15H26O6/c1-10(2)18-13(16)19-11-7-6-8-12(9-11)20-14(17)21-15(3,4)5/h10-12H,6-9H2,1-5H3. The SMILES string of the molecule is CC(C)OC(=O)OC1CCCC(OC(=O)OC(C)(C)C)C1. The van der Waals surface area contributed by atoms with Crippen molar-refractivity contribution in [2.24, 2.45) is 0 Å². The molecule has 0 aliphatic heterocycles. The number of hydrogen-bond donors (Lipinski definition) is 0. The topological polar surface area (TPSA) is 71.1 Å². The molecular weight excluding hydrogens is 276 g/mol. The number of carbonyl (C=O) groups excluding carboxylic acids is 2. The van der Waals surface area contributed by atoms with Gasteiger partial charge in [0.05, 0.1) is 6.10 Å². The van der Waals surface area contributed by atoms with Crippen LogP contribution in [0.3, 0.4) is 0 Å². The summed E-state index contributed by atoms with van der Waals surface area (Å²) < 4.78 is 20.5. The van der Waals surface area contributed by atoms with Crippen molar-refractivity contribution in [1.82, 2.24) is 0 Å². The minimum atomic E-state index is -0.682. The number of rotatable bonds is 3. The van der Waals surface area contributed by atoms with Gasteiger partial charge >= 0.3 is 12.3 Å². The molecule has 1 saturated carbocycles. The Bertz CT molecular complexity index is 358. The highest BCUT2D eigenvalue weighted by Crippen LogP contribution is 2.25. The second kappa shape index (κ2) is 7.52. The molecule has 2 atom stereocenters. The molecule has 6 heteroatoms. The Kier molecular flexibility index (Phi) is 6.30. The van der Waals surface area contributed by atoms with E-state index < -0.39 is 17.9 Å². The Morgan fingerprint density at radius 1 is 1.00 bits per heavy atom. The smallest absolute Gasteiger partial charge is 0.432 e. The summed E-state index contributed by atoms with van der Waals surface area (Å²) in [5.41, 5.74) is -0.581. The maximum absolute atomic E-state index is 11.6. The van der Waals surface area contributed by atoms with Crippen LogP contribution in [0.1, 0.15) is 60.3 Å². The third kappa shape index (κ3) is 7.78. The molecule has 0 N–H and O–H groups in total. The maximum Gasteiger partial charge on any atom is 0.509 e. The van der Waals surface area contributed by atoms with E-state index in [0.29, 0.717) is 6.42 Å². The van der Waals surface area contributed by atoms with E-state index in [1.54, 1.807) is 34.6 Å². The zero-order valence-corrected chi connectivity index (χ0v) is 13.5. The van der Waals surface area contributed by atoms with Gasteiger partial charge in [-0.15, -0.1) is 0 Å². The summed E-state index contributed by atoms with van der Waals surface area (Å²) in [7, 11) is 0. The quantitative estimate of drug-likeness (QED) is 0.738. The van der Waals surface area contributed by atoms with Crippen LogP contribution in [0.15, 0.2) is 0 Å². The zero-order chi connectivity index (χ0) is 16.0. The molecule has 2 unspecified atom stereocenters. The Labute approximate surface area is 126 Å². The van der Waals surface area contributed by atoms with Crippen LogP contribution in [-0.2, 0) is 18.9 Å². The average molecular weight is 302 g/mol. The number of ether oxygens (including phenoxy) is 4. The minimum Gasteiger partial charge on any atom is -0.432 e. The third-order valence-electron chi connectivity index (χ3n) is 2.83. The van der Waals surface area contributed by atoms with Crippen molar-refractivity contribution in [3.63, 3.8) is 0 Å². The Balaban J connectivity index is 2.38. The number of carbonyl (C=O) groups is 2. The van der Waals surface area contributed by atoms with Gasteiger partial charge in [0.2, 0.25) is 0 Å². The van der Waals surface area contributed by atoms with Crippen LogP contribution in [0, 0.1) is 0 Å². The fourth-order valence-corrected chi connectivity index (χ4v) is 2.08. The number of hydrogen-bond acceptors (Lipinski definition) is 6. The van der Waals surface area contributed by atoms with Gasteiger partial charge in [-0.3, -0.25) is 0 Å². The molecule has 1 fully saturated rings. The van der Waals surface area contributed by atoms with Crippen LogP contribution in [0.4, 0.5) is 9.59 Å². The van der Waals surface area contributed by atoms with Crippen molar-refractivity contribution in [2.45, 2.75) is 84.2 Å². The van der Waals surface area contributed by atoms with Gasteiger partial charge in [-0.25, -0.2) is 9.59 Å². The van der Waals surface area contributed by atoms with Crippen LogP contribution < -0.4 is 0 Å². The van der Waals surface area contributed by atoms with Gasteiger partial charge in [0.25, 0.3) is 0 Å². The van der Waals surface area contributed by atoms with E-state index >= 15 is 0 Å². The molecule has 0 amide bonds. The van der Waals surface area contributed by atoms with Gasteiger partial charge in [-0.1, -0.05) is 0 Å². The zero-order valence-electron chi connectivity index (χ0n) is 13.5. The molecule has 1 aliphatic rings. The van der Waals surface area contributed by atoms with E-state index in [9.17, 15) is 9.59 Å². The van der Waals surface area contributed by atoms with Gasteiger partial charge < -0.3 is 18.9 Å². The first-order chi connectivity index (χ1) is 9.65. The van der Waals surface area contributed by atoms with Crippen molar-refractivity contribution in [1.29, 1.82) is 0 Å². The molecule has 0 bridgehead atoms. The molecule has 0 aromatic carbocycles. The lowest BCUT2D eigenvalue weighted by molar-refractivity contribution is -0.0571. The largest absolute Gasteiger partial charge is 0.509 e. The minimum absolute atomic E-state index is 0.213.